The number of aromatic nitrogens is 1. The third kappa shape index (κ3) is 10.9. The fourth-order valence-corrected chi connectivity index (χ4v) is 8.15. The number of pyridine rings is 1. The van der Waals surface area contributed by atoms with Crippen LogP contribution in [0, 0.1) is 0 Å². The predicted molar refractivity (Wildman–Crippen MR) is 232 cm³/mol. The van der Waals surface area contributed by atoms with Crippen LogP contribution in [0.2, 0.25) is 0 Å². The SMILES string of the molecule is COc1cccc(OC)c1-c1ccc2c(c1)SC(=Cc1cc(N(C)CCCC(=O)NCCOCCOCCOCCO)[n+](Cc3ccccc3)c3ccccc13)N2C. The largest absolute Gasteiger partial charge is 0.496 e. The molecule has 58 heavy (non-hydrogen) atoms. The summed E-state index contributed by atoms with van der Waals surface area (Å²) in [6.07, 6.45) is 3.39. The van der Waals surface area contributed by atoms with E-state index in [9.17, 15) is 4.79 Å². The molecule has 0 saturated heterocycles. The summed E-state index contributed by atoms with van der Waals surface area (Å²) >= 11 is 1.75. The van der Waals surface area contributed by atoms with Gasteiger partial charge in [-0.3, -0.25) is 9.69 Å². The maximum atomic E-state index is 12.8. The minimum Gasteiger partial charge on any atom is -0.496 e. The Morgan fingerprint density at radius 1 is 0.845 bits per heavy atom. The summed E-state index contributed by atoms with van der Waals surface area (Å²) in [6, 6.07) is 33.8. The molecule has 0 bridgehead atoms. The van der Waals surface area contributed by atoms with Crippen molar-refractivity contribution in [3.63, 3.8) is 0 Å². The molecule has 0 unspecified atom stereocenters. The van der Waals surface area contributed by atoms with Gasteiger partial charge in [0, 0.05) is 36.4 Å². The Morgan fingerprint density at radius 2 is 1.53 bits per heavy atom. The number of carbonyl (C=O) groups is 1. The molecular weight excluding hydrogens is 753 g/mol. The summed E-state index contributed by atoms with van der Waals surface area (Å²) in [4.78, 5) is 18.4. The quantitative estimate of drug-likeness (QED) is 0.0575. The molecule has 12 heteroatoms. The second kappa shape index (κ2) is 21.6. The van der Waals surface area contributed by atoms with Gasteiger partial charge in [-0.2, -0.15) is 0 Å². The first-order chi connectivity index (χ1) is 28.4. The molecule has 0 saturated carbocycles. The Bertz CT molecular complexity index is 2130. The van der Waals surface area contributed by atoms with Gasteiger partial charge in [0.15, 0.2) is 0 Å². The predicted octanol–water partition coefficient (Wildman–Crippen LogP) is 6.78. The molecule has 1 amide bonds. The molecule has 1 aromatic heterocycles. The normalized spacial score (nSPS) is 12.9. The van der Waals surface area contributed by atoms with E-state index < -0.39 is 0 Å². The molecule has 2 heterocycles. The lowest BCUT2D eigenvalue weighted by Gasteiger charge is -2.20. The number of methoxy groups -OCH3 is 2. The van der Waals surface area contributed by atoms with Crippen molar-refractivity contribution in [3.05, 3.63) is 113 Å². The Kier molecular flexibility index (Phi) is 15.8. The molecule has 5 aromatic rings. The number of hydrogen-bond acceptors (Lipinski definition) is 10. The van der Waals surface area contributed by atoms with Crippen molar-refractivity contribution in [2.45, 2.75) is 24.3 Å². The number of carbonyl (C=O) groups excluding carboxylic acids is 1. The fraction of sp³-hybridized carbons (Fsp3) is 0.348. The third-order valence-electron chi connectivity index (χ3n) is 9.95. The zero-order chi connectivity index (χ0) is 40.7. The van der Waals surface area contributed by atoms with E-state index in [2.05, 4.69) is 113 Å². The minimum absolute atomic E-state index is 0.00329. The van der Waals surface area contributed by atoms with Crippen LogP contribution in [0.25, 0.3) is 28.1 Å². The Labute approximate surface area is 346 Å². The van der Waals surface area contributed by atoms with E-state index >= 15 is 0 Å². The summed E-state index contributed by atoms with van der Waals surface area (Å²) in [6.45, 7) is 4.36. The smallest absolute Gasteiger partial charge is 0.277 e. The summed E-state index contributed by atoms with van der Waals surface area (Å²) < 4.78 is 30.0. The Balaban J connectivity index is 1.17. The number of amides is 1. The topological polar surface area (TPSA) is 106 Å². The van der Waals surface area contributed by atoms with E-state index in [-0.39, 0.29) is 12.5 Å². The molecule has 0 atom stereocenters. The number of anilines is 2. The third-order valence-corrected chi connectivity index (χ3v) is 11.1. The van der Waals surface area contributed by atoms with Gasteiger partial charge in [-0.05, 0) is 59.5 Å². The van der Waals surface area contributed by atoms with E-state index in [1.807, 2.05) is 24.3 Å². The van der Waals surface area contributed by atoms with E-state index in [1.165, 1.54) is 5.56 Å². The highest BCUT2D eigenvalue weighted by Gasteiger charge is 2.26. The van der Waals surface area contributed by atoms with Crippen LogP contribution >= 0.6 is 11.8 Å². The lowest BCUT2D eigenvalue weighted by atomic mass is 10.0. The molecule has 1 aliphatic rings. The first kappa shape index (κ1) is 42.5. The number of nitrogens with zero attached hydrogens (tertiary/aromatic N) is 3. The first-order valence-corrected chi connectivity index (χ1v) is 20.5. The van der Waals surface area contributed by atoms with Gasteiger partial charge >= 0.3 is 0 Å². The van der Waals surface area contributed by atoms with Crippen LogP contribution < -0.4 is 29.2 Å². The Morgan fingerprint density at radius 3 is 2.26 bits per heavy atom. The van der Waals surface area contributed by atoms with Gasteiger partial charge in [0.25, 0.3) is 5.82 Å². The monoisotopic (exact) mass is 807 g/mol. The van der Waals surface area contributed by atoms with Crippen molar-refractivity contribution >= 4 is 46.2 Å². The molecule has 2 N–H and O–H groups in total. The van der Waals surface area contributed by atoms with Gasteiger partial charge in [0.2, 0.25) is 5.91 Å². The second-order valence-corrected chi connectivity index (χ2v) is 14.9. The van der Waals surface area contributed by atoms with Gasteiger partial charge < -0.3 is 39.0 Å². The average molecular weight is 808 g/mol. The van der Waals surface area contributed by atoms with Crippen molar-refractivity contribution in [2.24, 2.45) is 0 Å². The number of fused-ring (bicyclic) bond motifs is 2. The van der Waals surface area contributed by atoms with Gasteiger partial charge in [0.05, 0.1) is 90.3 Å². The average Bonchev–Trinajstić information content (AvgIpc) is 3.56. The van der Waals surface area contributed by atoms with Gasteiger partial charge in [0.1, 0.15) is 23.6 Å². The number of aliphatic hydroxyl groups excluding tert-OH is 1. The van der Waals surface area contributed by atoms with Crippen molar-refractivity contribution in [1.29, 1.82) is 0 Å². The van der Waals surface area contributed by atoms with Crippen LogP contribution in [0.15, 0.2) is 107 Å². The molecule has 306 valence electrons. The molecule has 1 aliphatic heterocycles. The molecule has 4 aromatic carbocycles. The maximum absolute atomic E-state index is 12.8. The Hall–Kier alpha value is -5.11. The number of hydrogen-bond donors (Lipinski definition) is 2. The fourth-order valence-electron chi connectivity index (χ4n) is 7.01. The highest BCUT2D eigenvalue weighted by atomic mass is 32.2. The number of nitrogens with one attached hydrogen (secondary N) is 1. The molecule has 0 aliphatic carbocycles. The van der Waals surface area contributed by atoms with Crippen molar-refractivity contribution in [1.82, 2.24) is 5.32 Å². The summed E-state index contributed by atoms with van der Waals surface area (Å²) in [5, 5.41) is 14.0. The summed E-state index contributed by atoms with van der Waals surface area (Å²) in [5.74, 6) is 2.61. The standard InChI is InChI=1S/C46H54N4O7S/c1-48(22-11-18-43(52)47-21-24-55-26-28-57-29-27-56-25-23-51)44-31-36(37-14-8-9-15-38(37)50(44)33-34-12-6-5-7-13-34)32-45-49(2)39-20-19-35(30-42(39)58-45)46-40(53-3)16-10-17-41(46)54-4/h5-10,12-17,19-20,30-32,51H,11,18,21-29,33H2,1-4H3/p+1. The van der Waals surface area contributed by atoms with E-state index in [4.69, 9.17) is 28.8 Å². The zero-order valence-corrected chi connectivity index (χ0v) is 34.8. The second-order valence-electron chi connectivity index (χ2n) is 13.8. The number of para-hydroxylation sites is 1. The lowest BCUT2D eigenvalue weighted by Crippen LogP contribution is -2.43. The van der Waals surface area contributed by atoms with Crippen LogP contribution in [0.5, 0.6) is 11.5 Å². The number of aliphatic hydroxyl groups is 1. The van der Waals surface area contributed by atoms with E-state index in [0.717, 1.165) is 60.5 Å². The molecule has 0 fully saturated rings. The number of benzene rings is 4. The maximum Gasteiger partial charge on any atom is 0.277 e. The van der Waals surface area contributed by atoms with Crippen LogP contribution in [0.4, 0.5) is 11.5 Å². The van der Waals surface area contributed by atoms with E-state index in [0.29, 0.717) is 72.1 Å². The highest BCUT2D eigenvalue weighted by Crippen LogP contribution is 2.49. The van der Waals surface area contributed by atoms with Crippen molar-refractivity contribution in [3.8, 4) is 22.6 Å². The van der Waals surface area contributed by atoms with Crippen LogP contribution in [-0.2, 0) is 25.5 Å². The van der Waals surface area contributed by atoms with Crippen LogP contribution in [0.1, 0.15) is 24.0 Å². The number of ether oxygens (including phenoxy) is 5. The molecule has 0 radical (unpaired) electrons. The lowest BCUT2D eigenvalue weighted by molar-refractivity contribution is -0.649. The summed E-state index contributed by atoms with van der Waals surface area (Å²) in [5.41, 5.74) is 6.57. The first-order valence-electron chi connectivity index (χ1n) is 19.7. The summed E-state index contributed by atoms with van der Waals surface area (Å²) in [7, 11) is 7.60. The van der Waals surface area contributed by atoms with Crippen molar-refractivity contribution < 1.29 is 38.2 Å². The number of thioether (sulfide) groups is 1. The van der Waals surface area contributed by atoms with E-state index in [1.54, 1.807) is 26.0 Å². The molecular formula is C46H55N4O7S+. The molecule has 6 rings (SSSR count). The molecule has 0 spiro atoms. The van der Waals surface area contributed by atoms with Crippen LogP contribution in [-0.4, -0.2) is 98.7 Å². The van der Waals surface area contributed by atoms with Crippen LogP contribution in [0.3, 0.4) is 0 Å². The highest BCUT2D eigenvalue weighted by molar-refractivity contribution is 8.03. The minimum atomic E-state index is 0.00329. The van der Waals surface area contributed by atoms with Gasteiger partial charge in [-0.25, -0.2) is 4.57 Å². The zero-order valence-electron chi connectivity index (χ0n) is 33.9. The molecule has 11 nitrogen and oxygen atoms in total. The van der Waals surface area contributed by atoms with Gasteiger partial charge in [-0.1, -0.05) is 72.4 Å². The van der Waals surface area contributed by atoms with Gasteiger partial charge in [-0.15, -0.1) is 0 Å². The van der Waals surface area contributed by atoms with Crippen molar-refractivity contribution in [2.75, 3.05) is 97.5 Å². The number of rotatable bonds is 22.